The number of cyclic esters (lactones) is 1. The molecule has 0 saturated carbocycles. The molecule has 1 N–H and O–H groups in total. The van der Waals surface area contributed by atoms with Gasteiger partial charge in [-0.2, -0.15) is 0 Å². The van der Waals surface area contributed by atoms with Crippen LogP contribution in [-0.2, 0) is 15.1 Å². The summed E-state index contributed by atoms with van der Waals surface area (Å²) in [5.74, 6) is -2.77. The third kappa shape index (κ3) is 5.16. The first-order valence-corrected chi connectivity index (χ1v) is 11.2. The lowest BCUT2D eigenvalue weighted by Crippen LogP contribution is -2.49. The fourth-order valence-corrected chi connectivity index (χ4v) is 4.45. The lowest BCUT2D eigenvalue weighted by Gasteiger charge is -2.43. The maximum Gasteiger partial charge on any atom is 0.411 e. The van der Waals surface area contributed by atoms with E-state index in [1.165, 1.54) is 41.3 Å². The molecule has 0 radical (unpaired) electrons. The Hall–Kier alpha value is -3.81. The number of rotatable bonds is 7. The predicted octanol–water partition coefficient (Wildman–Crippen LogP) is 6.43. The van der Waals surface area contributed by atoms with Gasteiger partial charge >= 0.3 is 12.1 Å². The summed E-state index contributed by atoms with van der Waals surface area (Å²) in [4.78, 5) is 25.8. The van der Waals surface area contributed by atoms with Crippen molar-refractivity contribution < 1.29 is 32.6 Å². The van der Waals surface area contributed by atoms with Crippen molar-refractivity contribution in [3.05, 3.63) is 95.3 Å². The minimum absolute atomic E-state index is 0.0693. The van der Waals surface area contributed by atoms with E-state index in [0.717, 1.165) is 11.6 Å². The number of carbonyl (C=O) groups excluding carboxylic acids is 1. The minimum atomic E-state index is -1.16. The molecule has 1 amide bonds. The van der Waals surface area contributed by atoms with Gasteiger partial charge in [-0.05, 0) is 47.9 Å². The van der Waals surface area contributed by atoms with Crippen molar-refractivity contribution in [1.29, 1.82) is 0 Å². The van der Waals surface area contributed by atoms with Crippen molar-refractivity contribution in [3.63, 3.8) is 0 Å². The maximum atomic E-state index is 14.1. The van der Waals surface area contributed by atoms with Gasteiger partial charge in [0, 0.05) is 37.4 Å². The number of aliphatic carboxylic acids is 1. The second-order valence-corrected chi connectivity index (χ2v) is 8.63. The minimum Gasteiger partial charge on any atom is -0.481 e. The molecule has 3 aromatic carbocycles. The smallest absolute Gasteiger partial charge is 0.411 e. The van der Waals surface area contributed by atoms with Crippen molar-refractivity contribution in [2.75, 3.05) is 6.54 Å². The molecule has 1 fully saturated rings. The first-order chi connectivity index (χ1) is 16.7. The van der Waals surface area contributed by atoms with Crippen LogP contribution in [0.2, 0.25) is 0 Å². The quantitative estimate of drug-likeness (QED) is 0.420. The van der Waals surface area contributed by atoms with Crippen LogP contribution in [0.5, 0.6) is 0 Å². The standard InChI is InChI=1S/C27H24F3NO4/c1-17(18-2-4-19(5-3-18)23-11-10-22(29)16-24(23)30)31-15-14-27(35-26(31)34,13-12-25(32)33)20-6-8-21(28)9-7-20/h2-11,16-17H,12-15H2,1H3,(H,32,33)/t17-,27?/m0/s1. The molecular weight excluding hydrogens is 459 g/mol. The molecule has 35 heavy (non-hydrogen) atoms. The van der Waals surface area contributed by atoms with Crippen LogP contribution >= 0.6 is 0 Å². The van der Waals surface area contributed by atoms with Gasteiger partial charge in [-0.25, -0.2) is 18.0 Å². The maximum absolute atomic E-state index is 14.1. The lowest BCUT2D eigenvalue weighted by molar-refractivity contribution is -0.139. The molecule has 3 aromatic rings. The van der Waals surface area contributed by atoms with E-state index in [1.54, 1.807) is 24.3 Å². The molecule has 1 aliphatic rings. The monoisotopic (exact) mass is 483 g/mol. The summed E-state index contributed by atoms with van der Waals surface area (Å²) in [6, 6.07) is 15.5. The van der Waals surface area contributed by atoms with E-state index in [-0.39, 0.29) is 24.4 Å². The fraction of sp³-hybridized carbons (Fsp3) is 0.259. The number of carboxylic acids is 1. The Kier molecular flexibility index (Phi) is 6.82. The van der Waals surface area contributed by atoms with Gasteiger partial charge in [0.05, 0.1) is 6.04 Å². The number of hydrogen-bond donors (Lipinski definition) is 1. The summed E-state index contributed by atoms with van der Waals surface area (Å²) >= 11 is 0. The molecule has 4 rings (SSSR count). The summed E-state index contributed by atoms with van der Waals surface area (Å²) < 4.78 is 46.6. The number of nitrogens with zero attached hydrogens (tertiary/aromatic N) is 1. The Bertz CT molecular complexity index is 1230. The van der Waals surface area contributed by atoms with E-state index in [9.17, 15) is 27.9 Å². The summed E-state index contributed by atoms with van der Waals surface area (Å²) in [5.41, 5.74) is 1.01. The van der Waals surface area contributed by atoms with Crippen LogP contribution in [0.4, 0.5) is 18.0 Å². The molecule has 1 heterocycles. The Morgan fingerprint density at radius 2 is 1.69 bits per heavy atom. The van der Waals surface area contributed by atoms with E-state index in [2.05, 4.69) is 0 Å². The largest absolute Gasteiger partial charge is 0.481 e. The Labute approximate surface area is 200 Å². The first-order valence-electron chi connectivity index (χ1n) is 11.2. The first kappa shape index (κ1) is 24.3. The number of halogens is 3. The van der Waals surface area contributed by atoms with Gasteiger partial charge in [0.1, 0.15) is 23.1 Å². The van der Waals surface area contributed by atoms with Gasteiger partial charge in [0.15, 0.2) is 0 Å². The van der Waals surface area contributed by atoms with Crippen LogP contribution in [0.1, 0.15) is 43.4 Å². The Morgan fingerprint density at radius 1 is 1.03 bits per heavy atom. The van der Waals surface area contributed by atoms with Crippen LogP contribution in [0.3, 0.4) is 0 Å². The summed E-state index contributed by atoms with van der Waals surface area (Å²) in [7, 11) is 0. The number of amides is 1. The molecule has 182 valence electrons. The molecule has 5 nitrogen and oxygen atoms in total. The molecule has 0 spiro atoms. The van der Waals surface area contributed by atoms with Gasteiger partial charge in [-0.15, -0.1) is 0 Å². The Balaban J connectivity index is 1.53. The lowest BCUT2D eigenvalue weighted by atomic mass is 9.84. The zero-order valence-electron chi connectivity index (χ0n) is 19.0. The molecule has 0 aromatic heterocycles. The van der Waals surface area contributed by atoms with Crippen molar-refractivity contribution in [3.8, 4) is 11.1 Å². The molecular formula is C27H24F3NO4. The van der Waals surface area contributed by atoms with Gasteiger partial charge in [0.2, 0.25) is 0 Å². The SMILES string of the molecule is C[C@@H](c1ccc(-c2ccc(F)cc2F)cc1)N1CCC(CCC(=O)O)(c2ccc(F)cc2)OC1=O. The number of hydrogen-bond acceptors (Lipinski definition) is 3. The van der Waals surface area contributed by atoms with Crippen LogP contribution in [0, 0.1) is 17.5 Å². The van der Waals surface area contributed by atoms with E-state index in [0.29, 0.717) is 24.1 Å². The number of carbonyl (C=O) groups is 2. The fourth-order valence-electron chi connectivity index (χ4n) is 4.45. The van der Waals surface area contributed by atoms with Crippen LogP contribution in [-0.4, -0.2) is 28.6 Å². The van der Waals surface area contributed by atoms with Crippen molar-refractivity contribution in [2.24, 2.45) is 0 Å². The highest BCUT2D eigenvalue weighted by molar-refractivity contribution is 5.71. The third-order valence-electron chi connectivity index (χ3n) is 6.49. The number of ether oxygens (including phenoxy) is 1. The second kappa shape index (κ2) is 9.82. The van der Waals surface area contributed by atoms with Crippen molar-refractivity contribution >= 4 is 12.1 Å². The molecule has 0 bridgehead atoms. The van der Waals surface area contributed by atoms with Crippen LogP contribution in [0.25, 0.3) is 11.1 Å². The number of carboxylic acid groups (broad SMARTS) is 1. The van der Waals surface area contributed by atoms with Gasteiger partial charge in [0.25, 0.3) is 0 Å². The van der Waals surface area contributed by atoms with E-state index in [4.69, 9.17) is 4.74 Å². The average molecular weight is 483 g/mol. The van der Waals surface area contributed by atoms with Crippen molar-refractivity contribution in [1.82, 2.24) is 4.90 Å². The summed E-state index contributed by atoms with van der Waals surface area (Å²) in [5, 5.41) is 9.19. The normalized spacial score (nSPS) is 18.7. The molecule has 1 unspecified atom stereocenters. The zero-order valence-corrected chi connectivity index (χ0v) is 19.0. The van der Waals surface area contributed by atoms with E-state index >= 15 is 0 Å². The Morgan fingerprint density at radius 3 is 2.29 bits per heavy atom. The van der Waals surface area contributed by atoms with Gasteiger partial charge in [-0.3, -0.25) is 4.79 Å². The van der Waals surface area contributed by atoms with Crippen molar-refractivity contribution in [2.45, 2.75) is 37.8 Å². The topological polar surface area (TPSA) is 66.8 Å². The highest BCUT2D eigenvalue weighted by atomic mass is 19.1. The highest BCUT2D eigenvalue weighted by Gasteiger charge is 2.43. The molecule has 2 atom stereocenters. The summed E-state index contributed by atoms with van der Waals surface area (Å²) in [6.45, 7) is 2.13. The number of benzene rings is 3. The van der Waals surface area contributed by atoms with Gasteiger partial charge < -0.3 is 14.7 Å². The van der Waals surface area contributed by atoms with E-state index in [1.807, 2.05) is 6.92 Å². The highest BCUT2D eigenvalue weighted by Crippen LogP contribution is 2.40. The van der Waals surface area contributed by atoms with Gasteiger partial charge in [-0.1, -0.05) is 36.4 Å². The van der Waals surface area contributed by atoms with Crippen LogP contribution in [0.15, 0.2) is 66.7 Å². The molecule has 0 aliphatic carbocycles. The molecule has 1 saturated heterocycles. The zero-order chi connectivity index (χ0) is 25.2. The van der Waals surface area contributed by atoms with Crippen LogP contribution < -0.4 is 0 Å². The average Bonchev–Trinajstić information content (AvgIpc) is 2.83. The third-order valence-corrected chi connectivity index (χ3v) is 6.49. The summed E-state index contributed by atoms with van der Waals surface area (Å²) in [6.07, 6.45) is -0.408. The predicted molar refractivity (Wildman–Crippen MR) is 123 cm³/mol. The second-order valence-electron chi connectivity index (χ2n) is 8.63. The molecule has 8 heteroatoms. The molecule has 1 aliphatic heterocycles. The van der Waals surface area contributed by atoms with E-state index < -0.39 is 35.1 Å².